The van der Waals surface area contributed by atoms with Crippen LogP contribution in [0.4, 0.5) is 0 Å². The highest BCUT2D eigenvalue weighted by molar-refractivity contribution is 7.80. The molecule has 0 fully saturated rings. The molecule has 1 N–H and O–H groups in total. The van der Waals surface area contributed by atoms with Crippen LogP contribution in [0.5, 0.6) is 0 Å². The van der Waals surface area contributed by atoms with Gasteiger partial charge in [0.05, 0.1) is 14.7 Å². The molecule has 0 aromatic rings. The van der Waals surface area contributed by atoms with Crippen LogP contribution in [0.2, 0.25) is 19.1 Å². The van der Waals surface area contributed by atoms with Crippen LogP contribution in [-0.4, -0.2) is 78.7 Å². The summed E-state index contributed by atoms with van der Waals surface area (Å²) in [6.45, 7) is 6.39. The van der Waals surface area contributed by atoms with Crippen molar-refractivity contribution in [2.45, 2.75) is 32.0 Å². The first-order valence-corrected chi connectivity index (χ1v) is 13.1. The Balaban J connectivity index is 2.84. The van der Waals surface area contributed by atoms with Gasteiger partial charge in [-0.05, 0) is 46.6 Å². The summed E-state index contributed by atoms with van der Waals surface area (Å²) in [6, 6.07) is 0.916. The van der Waals surface area contributed by atoms with Gasteiger partial charge in [0, 0.05) is 18.7 Å². The maximum Gasteiger partial charge on any atom is 0.397 e. The summed E-state index contributed by atoms with van der Waals surface area (Å²) in [5.41, 5.74) is 6.07. The quantitative estimate of drug-likeness (QED) is 0.268. The van der Waals surface area contributed by atoms with E-state index in [1.54, 1.807) is 0 Å². The lowest BCUT2D eigenvalue weighted by Crippen LogP contribution is -2.32. The molecule has 6 nitrogen and oxygen atoms in total. The molecule has 0 amide bonds. The second-order valence-electron chi connectivity index (χ2n) is 7.81. The predicted octanol–water partition coefficient (Wildman–Crippen LogP) is 2.35. The largest absolute Gasteiger partial charge is 0.397 e. The van der Waals surface area contributed by atoms with Crippen LogP contribution in [-0.2, 0) is 14.6 Å². The Bertz CT molecular complexity index is 660. The normalized spacial score (nSPS) is 16.1. The average molecular weight is 389 g/mol. The summed E-state index contributed by atoms with van der Waals surface area (Å²) >= 11 is 0. The van der Waals surface area contributed by atoms with Crippen molar-refractivity contribution < 1.29 is 17.2 Å². The Morgan fingerprint density at radius 3 is 2.32 bits per heavy atom. The molecule has 0 bridgehead atoms. The molecule has 1 rings (SSSR count). The summed E-state index contributed by atoms with van der Waals surface area (Å²) in [7, 11) is 2.19. The molecule has 0 saturated carbocycles. The molecule has 144 valence electrons. The summed E-state index contributed by atoms with van der Waals surface area (Å²) in [5, 5.41) is 1.46. The van der Waals surface area contributed by atoms with Crippen molar-refractivity contribution >= 4 is 18.5 Å². The van der Waals surface area contributed by atoms with Gasteiger partial charge >= 0.3 is 10.4 Å². The van der Waals surface area contributed by atoms with Crippen molar-refractivity contribution in [1.29, 1.82) is 0 Å². The number of rotatable bonds is 10. The molecule has 1 aliphatic rings. The van der Waals surface area contributed by atoms with E-state index in [2.05, 4.69) is 67.1 Å². The molecule has 0 unspecified atom stereocenters. The van der Waals surface area contributed by atoms with Crippen LogP contribution in [0.1, 0.15) is 12.8 Å². The fourth-order valence-electron chi connectivity index (χ4n) is 2.98. The minimum absolute atomic E-state index is 0.0311. The smallest absolute Gasteiger partial charge is 0.305 e. The van der Waals surface area contributed by atoms with Crippen LogP contribution in [0.3, 0.4) is 0 Å². The molecule has 0 aliphatic heterocycles. The van der Waals surface area contributed by atoms with Gasteiger partial charge in [0.2, 0.25) is 0 Å². The zero-order valence-electron chi connectivity index (χ0n) is 16.3. The van der Waals surface area contributed by atoms with E-state index in [1.807, 2.05) is 0 Å². The molecule has 0 atom stereocenters. The number of likely N-dealkylation sites (N-methyl/N-ethyl adjacent to an activating group) is 2. The van der Waals surface area contributed by atoms with Crippen LogP contribution in [0.25, 0.3) is 0 Å². The molecule has 0 spiro atoms. The first-order valence-electron chi connectivity index (χ1n) is 8.49. The lowest BCUT2D eigenvalue weighted by atomic mass is 10.0. The van der Waals surface area contributed by atoms with E-state index in [0.29, 0.717) is 6.42 Å². The van der Waals surface area contributed by atoms with Gasteiger partial charge in [-0.2, -0.15) is 8.42 Å². The minimum atomic E-state index is -4.34. The Hall–Kier alpha value is -0.733. The van der Waals surface area contributed by atoms with E-state index in [0.717, 1.165) is 25.6 Å². The molecule has 0 heterocycles. The Kier molecular flexibility index (Phi) is 8.28. The second kappa shape index (κ2) is 9.28. The van der Waals surface area contributed by atoms with Gasteiger partial charge < -0.3 is 9.80 Å². The van der Waals surface area contributed by atoms with Crippen molar-refractivity contribution in [3.8, 4) is 0 Å². The monoisotopic (exact) mass is 388 g/mol. The number of allylic oxidation sites excluding steroid dienone is 1. The van der Waals surface area contributed by atoms with Crippen molar-refractivity contribution in [1.82, 2.24) is 9.80 Å². The van der Waals surface area contributed by atoms with Gasteiger partial charge in [-0.15, -0.1) is 5.73 Å². The topological polar surface area (TPSA) is 70.1 Å². The highest BCUT2D eigenvalue weighted by Crippen LogP contribution is 2.30. The standard InChI is InChI=1S/C17H32N2O4SSi/c1-18(2)13-15-10-16(14-19(3)4)12-17(11-15)25(5,6)9-7-8-23-24(20,21)22/h11H,7-9,12-14H2,1-6H3,(H,20,21,22). The van der Waals surface area contributed by atoms with Crippen molar-refractivity contribution in [2.75, 3.05) is 47.9 Å². The van der Waals surface area contributed by atoms with Gasteiger partial charge in [0.15, 0.2) is 0 Å². The lowest BCUT2D eigenvalue weighted by Gasteiger charge is -2.30. The predicted molar refractivity (Wildman–Crippen MR) is 105 cm³/mol. The van der Waals surface area contributed by atoms with Crippen molar-refractivity contribution in [3.63, 3.8) is 0 Å². The molecule has 0 saturated heterocycles. The van der Waals surface area contributed by atoms with Crippen LogP contribution < -0.4 is 0 Å². The second-order valence-corrected chi connectivity index (χ2v) is 13.8. The summed E-state index contributed by atoms with van der Waals surface area (Å²) in [4.78, 5) is 4.30. The minimum Gasteiger partial charge on any atom is -0.305 e. The molecular formula is C17H32N2O4SSi. The average Bonchev–Trinajstić information content (AvgIpc) is 2.41. The molecule has 0 aromatic heterocycles. The fourth-order valence-corrected chi connectivity index (χ4v) is 5.91. The summed E-state index contributed by atoms with van der Waals surface area (Å²) < 4.78 is 34.4. The van der Waals surface area contributed by atoms with Crippen molar-refractivity contribution in [2.24, 2.45) is 0 Å². The van der Waals surface area contributed by atoms with Gasteiger partial charge in [0.1, 0.15) is 0 Å². The van der Waals surface area contributed by atoms with E-state index >= 15 is 0 Å². The third kappa shape index (κ3) is 8.96. The molecule has 0 radical (unpaired) electrons. The van der Waals surface area contributed by atoms with Crippen LogP contribution in [0.15, 0.2) is 28.1 Å². The zero-order valence-corrected chi connectivity index (χ0v) is 18.1. The van der Waals surface area contributed by atoms with Crippen LogP contribution >= 0.6 is 0 Å². The molecular weight excluding hydrogens is 356 g/mol. The molecule has 1 aliphatic carbocycles. The van der Waals surface area contributed by atoms with E-state index in [-0.39, 0.29) is 6.61 Å². The third-order valence-electron chi connectivity index (χ3n) is 4.13. The summed E-state index contributed by atoms with van der Waals surface area (Å²) in [5.74, 6) is 0. The van der Waals surface area contributed by atoms with E-state index in [4.69, 9.17) is 4.55 Å². The first-order chi connectivity index (χ1) is 11.4. The van der Waals surface area contributed by atoms with E-state index < -0.39 is 18.5 Å². The summed E-state index contributed by atoms with van der Waals surface area (Å²) in [6.07, 6.45) is 3.85. The Morgan fingerprint density at radius 1 is 1.20 bits per heavy atom. The maximum atomic E-state index is 10.7. The fraction of sp³-hybridized carbons (Fsp3) is 0.706. The first kappa shape index (κ1) is 22.3. The maximum absolute atomic E-state index is 10.7. The van der Waals surface area contributed by atoms with Gasteiger partial charge in [0.25, 0.3) is 0 Å². The number of nitrogens with zero attached hydrogens (tertiary/aromatic N) is 2. The molecule has 8 heteroatoms. The zero-order chi connectivity index (χ0) is 19.3. The van der Waals surface area contributed by atoms with E-state index in [1.165, 1.54) is 16.3 Å². The van der Waals surface area contributed by atoms with E-state index in [9.17, 15) is 8.42 Å². The lowest BCUT2D eigenvalue weighted by molar-refractivity contribution is 0.268. The SMILES string of the molecule is CN(C)CC1=C=C(CN(C)C)CC([Si](C)(C)CCCOS(=O)(=O)O)=C1. The van der Waals surface area contributed by atoms with Gasteiger partial charge in [-0.25, -0.2) is 4.18 Å². The number of hydrogen-bond donors (Lipinski definition) is 1. The Labute approximate surface area is 153 Å². The Morgan fingerprint density at radius 2 is 1.80 bits per heavy atom. The molecule has 0 aromatic carbocycles. The van der Waals surface area contributed by atoms with Gasteiger partial charge in [-0.1, -0.05) is 30.4 Å². The highest BCUT2D eigenvalue weighted by Gasteiger charge is 2.28. The van der Waals surface area contributed by atoms with Crippen LogP contribution in [0, 0.1) is 0 Å². The highest BCUT2D eigenvalue weighted by atomic mass is 32.3. The van der Waals surface area contributed by atoms with Gasteiger partial charge in [-0.3, -0.25) is 4.55 Å². The third-order valence-corrected chi connectivity index (χ3v) is 8.26. The van der Waals surface area contributed by atoms with Crippen molar-refractivity contribution in [3.05, 3.63) is 28.1 Å². The molecule has 25 heavy (non-hydrogen) atoms. The number of hydrogen-bond acceptors (Lipinski definition) is 5.